The van der Waals surface area contributed by atoms with Gasteiger partial charge in [0.05, 0.1) is 18.1 Å². The number of likely N-dealkylation sites (tertiary alicyclic amines) is 1. The molecule has 4 rings (SSSR count). The summed E-state index contributed by atoms with van der Waals surface area (Å²) in [5.41, 5.74) is 0.886. The van der Waals surface area contributed by atoms with Crippen molar-refractivity contribution < 1.29 is 0 Å². The minimum absolute atomic E-state index is 0.138. The maximum atomic E-state index is 4.75. The molecule has 1 saturated heterocycles. The lowest BCUT2D eigenvalue weighted by molar-refractivity contribution is 0.219. The van der Waals surface area contributed by atoms with Crippen molar-refractivity contribution >= 4 is 0 Å². The van der Waals surface area contributed by atoms with Crippen molar-refractivity contribution in [3.8, 4) is 11.4 Å². The fraction of sp³-hybridized carbons (Fsp3) is 0.500. The van der Waals surface area contributed by atoms with Gasteiger partial charge in [0.15, 0.2) is 11.6 Å². The van der Waals surface area contributed by atoms with Crippen LogP contribution in [0.3, 0.4) is 0 Å². The molecule has 1 aliphatic rings. The summed E-state index contributed by atoms with van der Waals surface area (Å²) in [6, 6.07) is 10.3. The summed E-state index contributed by atoms with van der Waals surface area (Å²) in [4.78, 5) is 7.12. The molecule has 8 nitrogen and oxygen atoms in total. The number of aromatic amines is 1. The van der Waals surface area contributed by atoms with E-state index in [4.69, 9.17) is 4.98 Å². The lowest BCUT2D eigenvalue weighted by Crippen LogP contribution is -2.30. The second-order valence-electron chi connectivity index (χ2n) is 7.72. The maximum Gasteiger partial charge on any atom is 0.181 e. The van der Waals surface area contributed by atoms with E-state index in [1.54, 1.807) is 0 Å². The van der Waals surface area contributed by atoms with Crippen molar-refractivity contribution in [3.05, 3.63) is 42.0 Å². The molecule has 136 valence electrons. The van der Waals surface area contributed by atoms with Crippen molar-refractivity contribution in [1.82, 2.24) is 40.3 Å². The van der Waals surface area contributed by atoms with Crippen LogP contribution in [-0.2, 0) is 12.1 Å². The van der Waals surface area contributed by atoms with Gasteiger partial charge in [0.1, 0.15) is 5.82 Å². The normalized spacial score (nSPS) is 18.5. The Bertz CT molecular complexity index is 861. The number of hydrogen-bond acceptors (Lipinski definition) is 6. The summed E-state index contributed by atoms with van der Waals surface area (Å²) in [7, 11) is 0. The number of tetrazole rings is 1. The SMILES string of the molecule is CC(C)(C)n1nnnc1CN1CCC[C@H]1c1nc(-c2ccccc2)n[nH]1. The molecular formula is C18H24N8. The van der Waals surface area contributed by atoms with Crippen LogP contribution in [-0.4, -0.2) is 46.8 Å². The Morgan fingerprint density at radius 2 is 2.00 bits per heavy atom. The number of nitrogens with zero attached hydrogens (tertiary/aromatic N) is 7. The van der Waals surface area contributed by atoms with Gasteiger partial charge in [-0.05, 0) is 50.6 Å². The van der Waals surface area contributed by atoms with Crippen LogP contribution in [0.2, 0.25) is 0 Å². The predicted octanol–water partition coefficient (Wildman–Crippen LogP) is 2.55. The van der Waals surface area contributed by atoms with Crippen molar-refractivity contribution in [2.24, 2.45) is 0 Å². The van der Waals surface area contributed by atoms with Crippen LogP contribution in [0.4, 0.5) is 0 Å². The average Bonchev–Trinajstić information content (AvgIpc) is 3.35. The third kappa shape index (κ3) is 3.24. The molecule has 0 aliphatic carbocycles. The Balaban J connectivity index is 1.55. The van der Waals surface area contributed by atoms with Crippen LogP contribution in [0.15, 0.2) is 30.3 Å². The number of aromatic nitrogens is 7. The number of rotatable bonds is 4. The Hall–Kier alpha value is -2.61. The third-order valence-electron chi connectivity index (χ3n) is 4.73. The minimum atomic E-state index is -0.138. The van der Waals surface area contributed by atoms with E-state index < -0.39 is 0 Å². The average molecular weight is 352 g/mol. The van der Waals surface area contributed by atoms with Gasteiger partial charge in [0.2, 0.25) is 0 Å². The largest absolute Gasteiger partial charge is 0.286 e. The molecule has 0 unspecified atom stereocenters. The summed E-state index contributed by atoms with van der Waals surface area (Å²) < 4.78 is 1.90. The van der Waals surface area contributed by atoms with Gasteiger partial charge >= 0.3 is 0 Å². The first-order chi connectivity index (χ1) is 12.5. The molecule has 1 aromatic carbocycles. The first-order valence-corrected chi connectivity index (χ1v) is 9.02. The molecule has 1 N–H and O–H groups in total. The van der Waals surface area contributed by atoms with Gasteiger partial charge in [-0.1, -0.05) is 30.3 Å². The molecule has 0 bridgehead atoms. The van der Waals surface area contributed by atoms with E-state index in [9.17, 15) is 0 Å². The molecule has 3 heterocycles. The number of benzene rings is 1. The lowest BCUT2D eigenvalue weighted by atomic mass is 10.1. The molecule has 2 aromatic heterocycles. The highest BCUT2D eigenvalue weighted by molar-refractivity contribution is 5.53. The van der Waals surface area contributed by atoms with Crippen LogP contribution < -0.4 is 0 Å². The van der Waals surface area contributed by atoms with Gasteiger partial charge in [-0.15, -0.1) is 5.10 Å². The standard InChI is InChI=1S/C18H24N8/c1-18(2,3)26-15(20-23-24-26)12-25-11-7-10-14(25)17-19-16(21-22-17)13-8-5-4-6-9-13/h4-6,8-9,14H,7,10-12H2,1-3H3,(H,19,21,22)/t14-/m0/s1. The second-order valence-corrected chi connectivity index (χ2v) is 7.72. The maximum absolute atomic E-state index is 4.75. The molecule has 3 aromatic rings. The van der Waals surface area contributed by atoms with Gasteiger partial charge in [0, 0.05) is 5.56 Å². The number of nitrogens with one attached hydrogen (secondary N) is 1. The molecule has 1 atom stereocenters. The van der Waals surface area contributed by atoms with E-state index in [1.807, 2.05) is 35.0 Å². The zero-order chi connectivity index (χ0) is 18.1. The zero-order valence-corrected chi connectivity index (χ0v) is 15.4. The second kappa shape index (κ2) is 6.60. The van der Waals surface area contributed by atoms with Crippen molar-refractivity contribution in [2.75, 3.05) is 6.54 Å². The van der Waals surface area contributed by atoms with E-state index in [1.165, 1.54) is 0 Å². The number of H-pyrrole nitrogens is 1. The zero-order valence-electron chi connectivity index (χ0n) is 15.4. The summed E-state index contributed by atoms with van der Waals surface area (Å²) in [5, 5.41) is 19.8. The highest BCUT2D eigenvalue weighted by Crippen LogP contribution is 2.32. The Morgan fingerprint density at radius 1 is 1.19 bits per heavy atom. The van der Waals surface area contributed by atoms with Gasteiger partial charge < -0.3 is 0 Å². The van der Waals surface area contributed by atoms with Crippen molar-refractivity contribution in [2.45, 2.75) is 51.7 Å². The molecule has 1 aliphatic heterocycles. The predicted molar refractivity (Wildman–Crippen MR) is 97.0 cm³/mol. The monoisotopic (exact) mass is 352 g/mol. The highest BCUT2D eigenvalue weighted by atomic mass is 15.6. The molecule has 0 saturated carbocycles. The fourth-order valence-corrected chi connectivity index (χ4v) is 3.47. The Morgan fingerprint density at radius 3 is 2.77 bits per heavy atom. The lowest BCUT2D eigenvalue weighted by Gasteiger charge is -2.25. The molecule has 1 fully saturated rings. The highest BCUT2D eigenvalue weighted by Gasteiger charge is 2.31. The first kappa shape index (κ1) is 16.8. The van der Waals surface area contributed by atoms with Crippen molar-refractivity contribution in [1.29, 1.82) is 0 Å². The van der Waals surface area contributed by atoms with Gasteiger partial charge in [0.25, 0.3) is 0 Å². The van der Waals surface area contributed by atoms with E-state index in [-0.39, 0.29) is 11.6 Å². The van der Waals surface area contributed by atoms with E-state index >= 15 is 0 Å². The summed E-state index contributed by atoms with van der Waals surface area (Å²) >= 11 is 0. The van der Waals surface area contributed by atoms with Gasteiger partial charge in [-0.2, -0.15) is 5.10 Å². The van der Waals surface area contributed by atoms with E-state index in [0.717, 1.165) is 42.4 Å². The molecule has 0 amide bonds. The molecule has 0 radical (unpaired) electrons. The first-order valence-electron chi connectivity index (χ1n) is 9.02. The molecule has 8 heteroatoms. The van der Waals surface area contributed by atoms with E-state index in [2.05, 4.69) is 51.4 Å². The topological polar surface area (TPSA) is 88.4 Å². The fourth-order valence-electron chi connectivity index (χ4n) is 3.47. The smallest absolute Gasteiger partial charge is 0.181 e. The van der Waals surface area contributed by atoms with Crippen LogP contribution >= 0.6 is 0 Å². The quantitative estimate of drug-likeness (QED) is 0.776. The molecule has 0 spiro atoms. The molecular weight excluding hydrogens is 328 g/mol. The van der Waals surface area contributed by atoms with Crippen LogP contribution in [0, 0.1) is 0 Å². The summed E-state index contributed by atoms with van der Waals surface area (Å²) in [6.07, 6.45) is 2.18. The Labute approximate surface area is 152 Å². The summed E-state index contributed by atoms with van der Waals surface area (Å²) in [5.74, 6) is 2.54. The van der Waals surface area contributed by atoms with Crippen LogP contribution in [0.1, 0.15) is 51.3 Å². The third-order valence-corrected chi connectivity index (χ3v) is 4.73. The van der Waals surface area contributed by atoms with Gasteiger partial charge in [-0.3, -0.25) is 10.00 Å². The molecule has 26 heavy (non-hydrogen) atoms. The number of hydrogen-bond donors (Lipinski definition) is 1. The van der Waals surface area contributed by atoms with E-state index in [0.29, 0.717) is 6.54 Å². The van der Waals surface area contributed by atoms with Gasteiger partial charge in [-0.25, -0.2) is 9.67 Å². The minimum Gasteiger partial charge on any atom is -0.286 e. The Kier molecular flexibility index (Phi) is 4.28. The van der Waals surface area contributed by atoms with Crippen molar-refractivity contribution in [3.63, 3.8) is 0 Å². The summed E-state index contributed by atoms with van der Waals surface area (Å²) in [6.45, 7) is 8.03. The van der Waals surface area contributed by atoms with Crippen LogP contribution in [0.5, 0.6) is 0 Å². The van der Waals surface area contributed by atoms with Crippen LogP contribution in [0.25, 0.3) is 11.4 Å².